The van der Waals surface area contributed by atoms with Crippen LogP contribution in [-0.4, -0.2) is 25.0 Å². The maximum Gasteiger partial charge on any atom is 0.236 e. The predicted octanol–water partition coefficient (Wildman–Crippen LogP) is 2.26. The van der Waals surface area contributed by atoms with Crippen molar-refractivity contribution < 1.29 is 9.18 Å². The Morgan fingerprint density at radius 2 is 2.16 bits per heavy atom. The largest absolute Gasteiger partial charge is 0.355 e. The van der Waals surface area contributed by atoms with E-state index in [1.807, 2.05) is 13.0 Å². The molecule has 0 spiro atoms. The molecule has 1 aromatic carbocycles. The minimum absolute atomic E-state index is 0.0210. The van der Waals surface area contributed by atoms with Gasteiger partial charge in [-0.25, -0.2) is 4.39 Å². The molecule has 0 fully saturated rings. The van der Waals surface area contributed by atoms with E-state index >= 15 is 0 Å². The fourth-order valence-electron chi connectivity index (χ4n) is 1.76. The first-order chi connectivity index (χ1) is 9.13. The maximum atomic E-state index is 13.0. The molecule has 3 nitrogen and oxygen atoms in total. The van der Waals surface area contributed by atoms with Crippen LogP contribution in [0.15, 0.2) is 24.3 Å². The Balaban J connectivity index is 2.23. The fourth-order valence-corrected chi connectivity index (χ4v) is 1.76. The zero-order valence-electron chi connectivity index (χ0n) is 11.7. The van der Waals surface area contributed by atoms with Crippen LogP contribution in [0.3, 0.4) is 0 Å². The monoisotopic (exact) mass is 266 g/mol. The van der Waals surface area contributed by atoms with Gasteiger partial charge >= 0.3 is 0 Å². The van der Waals surface area contributed by atoms with Gasteiger partial charge < -0.3 is 10.6 Å². The molecule has 0 aromatic heterocycles. The predicted molar refractivity (Wildman–Crippen MR) is 75.5 cm³/mol. The summed E-state index contributed by atoms with van der Waals surface area (Å²) in [4.78, 5) is 11.7. The number of benzene rings is 1. The molecule has 1 amide bonds. The highest BCUT2D eigenvalue weighted by molar-refractivity contribution is 5.81. The number of rotatable bonds is 8. The highest BCUT2D eigenvalue weighted by atomic mass is 19.1. The zero-order chi connectivity index (χ0) is 14.1. The van der Waals surface area contributed by atoms with E-state index in [0.29, 0.717) is 13.0 Å². The molecule has 0 heterocycles. The molecule has 0 aliphatic carbocycles. The molecule has 0 saturated carbocycles. The van der Waals surface area contributed by atoms with Crippen molar-refractivity contribution in [3.63, 3.8) is 0 Å². The summed E-state index contributed by atoms with van der Waals surface area (Å²) in [6, 6.07) is 6.32. The number of halogens is 1. The average Bonchev–Trinajstić information content (AvgIpc) is 2.39. The fraction of sp³-hybridized carbons (Fsp3) is 0.533. The Labute approximate surface area is 114 Å². The number of amides is 1. The number of nitrogens with one attached hydrogen (secondary N) is 2. The van der Waals surface area contributed by atoms with Gasteiger partial charge in [0.25, 0.3) is 0 Å². The van der Waals surface area contributed by atoms with Gasteiger partial charge in [0.1, 0.15) is 5.82 Å². The van der Waals surface area contributed by atoms with Gasteiger partial charge in [-0.15, -0.1) is 0 Å². The third-order valence-electron chi connectivity index (χ3n) is 2.98. The van der Waals surface area contributed by atoms with E-state index in [1.165, 1.54) is 12.1 Å². The topological polar surface area (TPSA) is 41.1 Å². The van der Waals surface area contributed by atoms with Crippen LogP contribution in [0.1, 0.15) is 32.3 Å². The molecule has 2 N–H and O–H groups in total. The van der Waals surface area contributed by atoms with E-state index in [0.717, 1.165) is 24.9 Å². The third-order valence-corrected chi connectivity index (χ3v) is 2.98. The highest BCUT2D eigenvalue weighted by Gasteiger charge is 2.10. The second kappa shape index (κ2) is 8.64. The minimum atomic E-state index is -0.220. The van der Waals surface area contributed by atoms with Gasteiger partial charge in [0.15, 0.2) is 0 Å². The van der Waals surface area contributed by atoms with Crippen molar-refractivity contribution in [3.8, 4) is 0 Å². The third kappa shape index (κ3) is 6.34. The maximum absolute atomic E-state index is 13.0. The van der Waals surface area contributed by atoms with Gasteiger partial charge in [-0.05, 0) is 44.0 Å². The lowest BCUT2D eigenvalue weighted by atomic mass is 10.1. The Hall–Kier alpha value is -1.42. The van der Waals surface area contributed by atoms with Crippen LogP contribution < -0.4 is 10.6 Å². The van der Waals surface area contributed by atoms with E-state index < -0.39 is 0 Å². The van der Waals surface area contributed by atoms with Crippen molar-refractivity contribution >= 4 is 5.91 Å². The summed E-state index contributed by atoms with van der Waals surface area (Å²) in [5.74, 6) is -0.199. The van der Waals surface area contributed by atoms with Crippen LogP contribution >= 0.6 is 0 Å². The first kappa shape index (κ1) is 15.6. The van der Waals surface area contributed by atoms with E-state index in [-0.39, 0.29) is 17.8 Å². The van der Waals surface area contributed by atoms with Gasteiger partial charge in [0.05, 0.1) is 6.04 Å². The molecule has 0 aliphatic rings. The molecule has 1 unspecified atom stereocenters. The van der Waals surface area contributed by atoms with Crippen molar-refractivity contribution in [2.45, 2.75) is 39.2 Å². The van der Waals surface area contributed by atoms with Crippen LogP contribution in [0.25, 0.3) is 0 Å². The van der Waals surface area contributed by atoms with Crippen molar-refractivity contribution in [1.29, 1.82) is 0 Å². The van der Waals surface area contributed by atoms with Crippen LogP contribution in [0, 0.1) is 5.82 Å². The summed E-state index contributed by atoms with van der Waals surface area (Å²) in [5, 5.41) is 6.02. The normalized spacial score (nSPS) is 12.2. The number of carbonyl (C=O) groups is 1. The summed E-state index contributed by atoms with van der Waals surface area (Å²) in [6.07, 6.45) is 2.79. The molecule has 1 rings (SSSR count). The van der Waals surface area contributed by atoms with Gasteiger partial charge in [-0.2, -0.15) is 0 Å². The number of unbranched alkanes of at least 4 members (excludes halogenated alkanes) is 1. The number of carbonyl (C=O) groups excluding carboxylic acids is 1. The van der Waals surface area contributed by atoms with Gasteiger partial charge in [0.2, 0.25) is 5.91 Å². The zero-order valence-corrected chi connectivity index (χ0v) is 11.7. The van der Waals surface area contributed by atoms with Crippen molar-refractivity contribution in [2.24, 2.45) is 0 Å². The quantitative estimate of drug-likeness (QED) is 0.709. The van der Waals surface area contributed by atoms with Gasteiger partial charge in [-0.3, -0.25) is 4.79 Å². The Bertz CT molecular complexity index is 395. The molecule has 106 valence electrons. The summed E-state index contributed by atoms with van der Waals surface area (Å²) in [5.41, 5.74) is 0.936. The lowest BCUT2D eigenvalue weighted by molar-refractivity contribution is -0.122. The molecular weight excluding hydrogens is 243 g/mol. The number of hydrogen-bond donors (Lipinski definition) is 2. The highest BCUT2D eigenvalue weighted by Crippen LogP contribution is 2.03. The van der Waals surface area contributed by atoms with Gasteiger partial charge in [0, 0.05) is 6.54 Å². The SMILES string of the molecule is CCCCNC(=O)C(C)NCCc1cccc(F)c1. The second-order valence-corrected chi connectivity index (χ2v) is 4.70. The van der Waals surface area contributed by atoms with E-state index in [1.54, 1.807) is 6.07 Å². The minimum Gasteiger partial charge on any atom is -0.355 e. The smallest absolute Gasteiger partial charge is 0.236 e. The molecule has 0 radical (unpaired) electrons. The van der Waals surface area contributed by atoms with Gasteiger partial charge in [-0.1, -0.05) is 25.5 Å². The Kier molecular flexibility index (Phi) is 7.11. The summed E-state index contributed by atoms with van der Waals surface area (Å²) >= 11 is 0. The van der Waals surface area contributed by atoms with Crippen molar-refractivity contribution in [2.75, 3.05) is 13.1 Å². The van der Waals surface area contributed by atoms with Crippen molar-refractivity contribution in [1.82, 2.24) is 10.6 Å². The molecule has 0 saturated heterocycles. The van der Waals surface area contributed by atoms with E-state index in [9.17, 15) is 9.18 Å². The Morgan fingerprint density at radius 3 is 2.84 bits per heavy atom. The average molecular weight is 266 g/mol. The van der Waals surface area contributed by atoms with Crippen LogP contribution in [-0.2, 0) is 11.2 Å². The molecule has 1 atom stereocenters. The Morgan fingerprint density at radius 1 is 1.37 bits per heavy atom. The summed E-state index contributed by atoms with van der Waals surface area (Å²) in [6.45, 7) is 5.32. The summed E-state index contributed by atoms with van der Waals surface area (Å²) < 4.78 is 13.0. The molecule has 19 heavy (non-hydrogen) atoms. The van der Waals surface area contributed by atoms with Crippen LogP contribution in [0.2, 0.25) is 0 Å². The molecule has 1 aromatic rings. The first-order valence-electron chi connectivity index (χ1n) is 6.89. The lowest BCUT2D eigenvalue weighted by Gasteiger charge is -2.13. The molecular formula is C15H23FN2O. The standard InChI is InChI=1S/C15H23FN2O/c1-3-4-9-18-15(19)12(2)17-10-8-13-6-5-7-14(16)11-13/h5-7,11-12,17H,3-4,8-10H2,1-2H3,(H,18,19). The molecule has 0 bridgehead atoms. The van der Waals surface area contributed by atoms with Crippen molar-refractivity contribution in [3.05, 3.63) is 35.6 Å². The lowest BCUT2D eigenvalue weighted by Crippen LogP contribution is -2.43. The molecule has 4 heteroatoms. The van der Waals surface area contributed by atoms with Crippen LogP contribution in [0.4, 0.5) is 4.39 Å². The van der Waals surface area contributed by atoms with Crippen LogP contribution in [0.5, 0.6) is 0 Å². The second-order valence-electron chi connectivity index (χ2n) is 4.70. The number of hydrogen-bond acceptors (Lipinski definition) is 2. The van der Waals surface area contributed by atoms with E-state index in [2.05, 4.69) is 17.6 Å². The summed E-state index contributed by atoms with van der Waals surface area (Å²) in [7, 11) is 0. The van der Waals surface area contributed by atoms with E-state index in [4.69, 9.17) is 0 Å². The first-order valence-corrected chi connectivity index (χ1v) is 6.89. The molecule has 0 aliphatic heterocycles.